The van der Waals surface area contributed by atoms with E-state index in [0.717, 1.165) is 5.56 Å². The zero-order chi connectivity index (χ0) is 19.4. The van der Waals surface area contributed by atoms with Crippen molar-refractivity contribution in [2.75, 3.05) is 20.8 Å². The highest BCUT2D eigenvalue weighted by Gasteiger charge is 2.32. The van der Waals surface area contributed by atoms with Gasteiger partial charge in [-0.3, -0.25) is 14.7 Å². The number of halogens is 1. The molecule has 6 nitrogen and oxygen atoms in total. The Morgan fingerprint density at radius 1 is 1.26 bits per heavy atom. The number of carbonyl (C=O) groups is 1. The number of aromatic nitrogens is 1. The number of carbonyl (C=O) groups excluding carboxylic acids is 1. The summed E-state index contributed by atoms with van der Waals surface area (Å²) in [5.41, 5.74) is 1.41. The number of amides is 1. The van der Waals surface area contributed by atoms with Crippen molar-refractivity contribution in [1.29, 1.82) is 0 Å². The lowest BCUT2D eigenvalue weighted by molar-refractivity contribution is -0.122. The summed E-state index contributed by atoms with van der Waals surface area (Å²) >= 11 is 7.45. The van der Waals surface area contributed by atoms with Gasteiger partial charge in [-0.2, -0.15) is 0 Å². The average molecular weight is 404 g/mol. The molecule has 1 fully saturated rings. The lowest BCUT2D eigenvalue weighted by Gasteiger charge is -2.12. The Bertz CT molecular complexity index is 930. The summed E-state index contributed by atoms with van der Waals surface area (Å²) < 4.78 is 10.6. The summed E-state index contributed by atoms with van der Waals surface area (Å²) in [6.45, 7) is 2.41. The van der Waals surface area contributed by atoms with Crippen molar-refractivity contribution in [1.82, 2.24) is 9.88 Å². The number of hydrogen-bond acceptors (Lipinski definition) is 6. The molecule has 1 saturated heterocycles. The summed E-state index contributed by atoms with van der Waals surface area (Å²) in [5, 5.41) is 1.02. The van der Waals surface area contributed by atoms with Gasteiger partial charge in [0.2, 0.25) is 0 Å². The molecule has 0 aliphatic carbocycles. The molecule has 2 heterocycles. The lowest BCUT2D eigenvalue weighted by Crippen LogP contribution is -2.28. The predicted molar refractivity (Wildman–Crippen MR) is 109 cm³/mol. The van der Waals surface area contributed by atoms with Crippen LogP contribution >= 0.6 is 23.4 Å². The zero-order valence-corrected chi connectivity index (χ0v) is 16.7. The van der Waals surface area contributed by atoms with Crippen molar-refractivity contribution < 1.29 is 14.3 Å². The van der Waals surface area contributed by atoms with Crippen LogP contribution in [0.3, 0.4) is 0 Å². The van der Waals surface area contributed by atoms with Gasteiger partial charge in [-0.15, -0.1) is 0 Å². The number of benzene rings is 1. The first-order valence-corrected chi connectivity index (χ1v) is 9.38. The Labute approximate surface area is 166 Å². The summed E-state index contributed by atoms with van der Waals surface area (Å²) in [6, 6.07) is 7.21. The number of likely N-dealkylation sites (N-methyl/N-ethyl adjacent to an activating group) is 1. The smallest absolute Gasteiger partial charge is 0.266 e. The third-order valence-corrected chi connectivity index (χ3v) is 5.17. The fourth-order valence-electron chi connectivity index (χ4n) is 2.53. The van der Waals surface area contributed by atoms with Crippen molar-refractivity contribution in [3.05, 3.63) is 52.2 Å². The van der Waals surface area contributed by atoms with E-state index in [0.29, 0.717) is 38.8 Å². The van der Waals surface area contributed by atoms with Crippen molar-refractivity contribution in [2.24, 2.45) is 4.99 Å². The van der Waals surface area contributed by atoms with E-state index in [9.17, 15) is 4.79 Å². The van der Waals surface area contributed by atoms with Crippen LogP contribution in [0.25, 0.3) is 6.08 Å². The van der Waals surface area contributed by atoms with E-state index in [1.807, 2.05) is 25.1 Å². The molecule has 1 aromatic heterocycles. The monoisotopic (exact) mass is 403 g/mol. The highest BCUT2D eigenvalue weighted by atomic mass is 35.5. The maximum Gasteiger partial charge on any atom is 0.266 e. The molecular weight excluding hydrogens is 386 g/mol. The predicted octanol–water partition coefficient (Wildman–Crippen LogP) is 4.38. The Kier molecular flexibility index (Phi) is 6.03. The van der Waals surface area contributed by atoms with E-state index < -0.39 is 0 Å². The summed E-state index contributed by atoms with van der Waals surface area (Å²) in [7, 11) is 3.16. The van der Waals surface area contributed by atoms with Gasteiger partial charge in [0.1, 0.15) is 0 Å². The number of hydrogen-bond donors (Lipinski definition) is 0. The van der Waals surface area contributed by atoms with E-state index in [-0.39, 0.29) is 5.91 Å². The molecule has 0 atom stereocenters. The van der Waals surface area contributed by atoms with Crippen LogP contribution in [-0.4, -0.2) is 41.7 Å². The molecule has 1 aliphatic heterocycles. The molecule has 2 aromatic rings. The largest absolute Gasteiger partial charge is 0.493 e. The Morgan fingerprint density at radius 3 is 2.70 bits per heavy atom. The molecule has 0 radical (unpaired) electrons. The van der Waals surface area contributed by atoms with E-state index >= 15 is 0 Å². The van der Waals surface area contributed by atoms with Gasteiger partial charge in [-0.1, -0.05) is 17.7 Å². The van der Waals surface area contributed by atoms with E-state index in [2.05, 4.69) is 9.98 Å². The molecule has 1 amide bonds. The first-order valence-electron chi connectivity index (χ1n) is 8.19. The number of rotatable bonds is 5. The standard InChI is InChI=1S/C19H18ClN3O3S/c1-4-23-18(24)17(10-12-5-6-15(25-2)16(9-12)26-3)27-19(23)22-14-7-8-21-11-13(14)20/h5-11H,4H2,1-3H3/b17-10-,22-19?. The number of thioether (sulfide) groups is 1. The normalized spacial score (nSPS) is 17.0. The van der Waals surface area contributed by atoms with Crippen LogP contribution in [0.1, 0.15) is 12.5 Å². The molecule has 0 saturated carbocycles. The lowest BCUT2D eigenvalue weighted by atomic mass is 10.2. The van der Waals surface area contributed by atoms with Crippen LogP contribution < -0.4 is 9.47 Å². The number of ether oxygens (including phenoxy) is 2. The zero-order valence-electron chi connectivity index (χ0n) is 15.1. The number of pyridine rings is 1. The topological polar surface area (TPSA) is 64.0 Å². The van der Waals surface area contributed by atoms with Gasteiger partial charge in [0.25, 0.3) is 5.91 Å². The molecule has 0 unspecified atom stereocenters. The van der Waals surface area contributed by atoms with Crippen LogP contribution in [0.4, 0.5) is 5.69 Å². The second kappa shape index (κ2) is 8.45. The minimum atomic E-state index is -0.0961. The second-order valence-electron chi connectivity index (χ2n) is 5.50. The summed E-state index contributed by atoms with van der Waals surface area (Å²) in [5.74, 6) is 1.14. The van der Waals surface area contributed by atoms with E-state index in [1.54, 1.807) is 37.4 Å². The Morgan fingerprint density at radius 2 is 2.04 bits per heavy atom. The average Bonchev–Trinajstić information content (AvgIpc) is 2.97. The highest BCUT2D eigenvalue weighted by Crippen LogP contribution is 2.36. The maximum atomic E-state index is 12.8. The molecule has 140 valence electrons. The number of amidine groups is 1. The van der Waals surface area contributed by atoms with Gasteiger partial charge < -0.3 is 9.47 Å². The van der Waals surface area contributed by atoms with Crippen molar-refractivity contribution in [2.45, 2.75) is 6.92 Å². The van der Waals surface area contributed by atoms with Crippen LogP contribution in [0.5, 0.6) is 11.5 Å². The van der Waals surface area contributed by atoms with Gasteiger partial charge in [0.05, 0.1) is 29.8 Å². The number of nitrogens with zero attached hydrogens (tertiary/aromatic N) is 3. The molecule has 0 N–H and O–H groups in total. The molecule has 3 rings (SSSR count). The van der Waals surface area contributed by atoms with Gasteiger partial charge >= 0.3 is 0 Å². The fourth-order valence-corrected chi connectivity index (χ4v) is 3.74. The minimum absolute atomic E-state index is 0.0961. The third-order valence-electron chi connectivity index (χ3n) is 3.88. The second-order valence-corrected chi connectivity index (χ2v) is 6.91. The molecule has 0 bridgehead atoms. The van der Waals surface area contributed by atoms with Crippen molar-refractivity contribution >= 4 is 46.2 Å². The SMILES string of the molecule is CCN1C(=O)/C(=C/c2ccc(OC)c(OC)c2)SC1=Nc1ccncc1Cl. The first-order chi connectivity index (χ1) is 13.1. The fraction of sp³-hybridized carbons (Fsp3) is 0.211. The quantitative estimate of drug-likeness (QED) is 0.693. The van der Waals surface area contributed by atoms with E-state index in [4.69, 9.17) is 21.1 Å². The highest BCUT2D eigenvalue weighted by molar-refractivity contribution is 8.18. The third kappa shape index (κ3) is 4.09. The summed E-state index contributed by atoms with van der Waals surface area (Å²) in [6.07, 6.45) is 4.96. The molecule has 0 spiro atoms. The van der Waals surface area contributed by atoms with Gasteiger partial charge in [0.15, 0.2) is 16.7 Å². The molecule has 8 heteroatoms. The van der Waals surface area contributed by atoms with E-state index in [1.165, 1.54) is 18.0 Å². The van der Waals surface area contributed by atoms with Crippen LogP contribution in [0, 0.1) is 0 Å². The Balaban J connectivity index is 1.95. The van der Waals surface area contributed by atoms with Crippen molar-refractivity contribution in [3.8, 4) is 11.5 Å². The Hall–Kier alpha value is -2.51. The molecular formula is C19H18ClN3O3S. The molecule has 1 aliphatic rings. The van der Waals surface area contributed by atoms with Crippen LogP contribution in [-0.2, 0) is 4.79 Å². The minimum Gasteiger partial charge on any atom is -0.493 e. The first kappa shape index (κ1) is 19.3. The van der Waals surface area contributed by atoms with Crippen LogP contribution in [0.2, 0.25) is 5.02 Å². The molecule has 27 heavy (non-hydrogen) atoms. The number of aliphatic imine (C=N–C) groups is 1. The van der Waals surface area contributed by atoms with Gasteiger partial charge in [-0.05, 0) is 48.5 Å². The van der Waals surface area contributed by atoms with Gasteiger partial charge in [0, 0.05) is 18.9 Å². The van der Waals surface area contributed by atoms with Crippen molar-refractivity contribution in [3.63, 3.8) is 0 Å². The molecule has 1 aromatic carbocycles. The van der Waals surface area contributed by atoms with Gasteiger partial charge in [-0.25, -0.2) is 4.99 Å². The summed E-state index contributed by atoms with van der Waals surface area (Å²) in [4.78, 5) is 23.4. The maximum absolute atomic E-state index is 12.8. The number of methoxy groups -OCH3 is 2. The van der Waals surface area contributed by atoms with Crippen LogP contribution in [0.15, 0.2) is 46.6 Å².